The Morgan fingerprint density at radius 3 is 2.31 bits per heavy atom. The molecule has 3 amide bonds. The van der Waals surface area contributed by atoms with Crippen LogP contribution >= 0.6 is 12.6 Å². The number of ether oxygens (including phenoxy) is 1. The highest BCUT2D eigenvalue weighted by Gasteiger charge is 2.35. The van der Waals surface area contributed by atoms with Gasteiger partial charge >= 0.3 is 6.09 Å². The second kappa shape index (κ2) is 13.0. The van der Waals surface area contributed by atoms with Gasteiger partial charge in [0.1, 0.15) is 17.7 Å². The van der Waals surface area contributed by atoms with Gasteiger partial charge in [-0.2, -0.15) is 12.6 Å². The van der Waals surface area contributed by atoms with Crippen LogP contribution in [0.25, 0.3) is 0 Å². The van der Waals surface area contributed by atoms with Crippen molar-refractivity contribution in [1.29, 1.82) is 0 Å². The van der Waals surface area contributed by atoms with Crippen molar-refractivity contribution in [1.82, 2.24) is 15.5 Å². The van der Waals surface area contributed by atoms with Crippen LogP contribution in [0, 0.1) is 19.4 Å². The first-order valence-electron chi connectivity index (χ1n) is 10.8. The number of unbranched alkanes of at least 4 members (excludes halogenated alkanes) is 2. The lowest BCUT2D eigenvalue weighted by Gasteiger charge is -2.30. The van der Waals surface area contributed by atoms with E-state index in [0.717, 1.165) is 29.7 Å². The molecule has 0 heterocycles. The number of amides is 3. The predicted molar refractivity (Wildman–Crippen MR) is 129 cm³/mol. The fourth-order valence-electron chi connectivity index (χ4n) is 2.92. The van der Waals surface area contributed by atoms with E-state index in [-0.39, 0.29) is 11.7 Å². The van der Waals surface area contributed by atoms with E-state index in [0.29, 0.717) is 12.1 Å². The van der Waals surface area contributed by atoms with Gasteiger partial charge in [0, 0.05) is 18.3 Å². The number of carbonyl (C=O) groups is 3. The van der Waals surface area contributed by atoms with E-state index < -0.39 is 29.7 Å². The maximum Gasteiger partial charge on any atom is 0.408 e. The van der Waals surface area contributed by atoms with Gasteiger partial charge < -0.3 is 15.4 Å². The van der Waals surface area contributed by atoms with Gasteiger partial charge in [-0.25, -0.2) is 4.79 Å². The normalized spacial score (nSPS) is 12.8. The summed E-state index contributed by atoms with van der Waals surface area (Å²) < 4.78 is 5.23. The van der Waals surface area contributed by atoms with Crippen LogP contribution in [0.1, 0.15) is 64.1 Å². The molecule has 0 aliphatic carbocycles. The van der Waals surface area contributed by atoms with E-state index in [1.807, 2.05) is 19.1 Å². The lowest BCUT2D eigenvalue weighted by molar-refractivity contribution is -0.138. The van der Waals surface area contributed by atoms with Crippen molar-refractivity contribution in [3.05, 3.63) is 35.4 Å². The van der Waals surface area contributed by atoms with E-state index in [4.69, 9.17) is 11.2 Å². The van der Waals surface area contributed by atoms with Gasteiger partial charge in [0.25, 0.3) is 5.91 Å². The van der Waals surface area contributed by atoms with Gasteiger partial charge in [0.2, 0.25) is 5.91 Å². The summed E-state index contributed by atoms with van der Waals surface area (Å²) in [5.41, 5.74) is 0.849. The minimum atomic E-state index is -1.06. The van der Waals surface area contributed by atoms with E-state index in [2.05, 4.69) is 36.2 Å². The highest BCUT2D eigenvalue weighted by atomic mass is 32.1. The van der Waals surface area contributed by atoms with Crippen LogP contribution in [0.2, 0.25) is 0 Å². The Balaban J connectivity index is 3.16. The summed E-state index contributed by atoms with van der Waals surface area (Å²) in [6.45, 7) is 9.63. The first kappa shape index (κ1) is 27.4. The first-order valence-corrected chi connectivity index (χ1v) is 11.4. The number of alkyl carbamates (subject to hydrolysis) is 1. The number of nitrogens with one attached hydrogen (secondary N) is 2. The molecule has 1 aromatic rings. The Morgan fingerprint density at radius 1 is 1.19 bits per heavy atom. The fourth-order valence-corrected chi connectivity index (χ4v) is 3.17. The third-order valence-electron chi connectivity index (χ3n) is 4.53. The van der Waals surface area contributed by atoms with Crippen LogP contribution in [-0.4, -0.2) is 46.7 Å². The average molecular weight is 462 g/mol. The zero-order valence-corrected chi connectivity index (χ0v) is 20.5. The van der Waals surface area contributed by atoms with E-state index in [1.165, 1.54) is 0 Å². The summed E-state index contributed by atoms with van der Waals surface area (Å²) in [6, 6.07) is 7.45. The van der Waals surface area contributed by atoms with Crippen molar-refractivity contribution >= 4 is 30.5 Å². The third-order valence-corrected chi connectivity index (χ3v) is 4.89. The second-order valence-electron chi connectivity index (χ2n) is 8.53. The van der Waals surface area contributed by atoms with Crippen LogP contribution in [0.15, 0.2) is 24.3 Å². The van der Waals surface area contributed by atoms with Gasteiger partial charge in [-0.1, -0.05) is 56.0 Å². The molecule has 0 fully saturated rings. The van der Waals surface area contributed by atoms with Crippen LogP contribution in [-0.2, 0) is 14.3 Å². The molecule has 0 radical (unpaired) electrons. The fraction of sp³-hybridized carbons (Fsp3) is 0.542. The molecule has 8 heteroatoms. The van der Waals surface area contributed by atoms with E-state index in [1.54, 1.807) is 32.9 Å². The van der Waals surface area contributed by atoms with Gasteiger partial charge in [0.05, 0.1) is 0 Å². The van der Waals surface area contributed by atoms with Crippen LogP contribution in [0.4, 0.5) is 4.79 Å². The minimum absolute atomic E-state index is 0.0189. The van der Waals surface area contributed by atoms with Crippen LogP contribution in [0.3, 0.4) is 0 Å². The number of thiol groups is 1. The Bertz CT molecular complexity index is 812. The molecular weight excluding hydrogens is 426 g/mol. The van der Waals surface area contributed by atoms with Crippen molar-refractivity contribution in [2.45, 2.75) is 71.6 Å². The first-order chi connectivity index (χ1) is 15.0. The molecule has 176 valence electrons. The molecule has 1 aromatic carbocycles. The number of terminal acetylenes is 1. The van der Waals surface area contributed by atoms with Crippen molar-refractivity contribution in [3.63, 3.8) is 0 Å². The SMILES string of the molecule is C#CN(C(=O)C(CS)NC(=O)OC(C)(C)C)C(C(=O)NCCCCC)c1ccc(C)cc1. The highest BCUT2D eigenvalue weighted by molar-refractivity contribution is 7.80. The van der Waals surface area contributed by atoms with Gasteiger partial charge in [-0.3, -0.25) is 14.5 Å². The quantitative estimate of drug-likeness (QED) is 0.215. The Morgan fingerprint density at radius 2 is 1.81 bits per heavy atom. The molecule has 32 heavy (non-hydrogen) atoms. The molecule has 2 N–H and O–H groups in total. The summed E-state index contributed by atoms with van der Waals surface area (Å²) in [5, 5.41) is 5.37. The number of carbonyl (C=O) groups excluding carboxylic acids is 3. The third kappa shape index (κ3) is 8.83. The summed E-state index contributed by atoms with van der Waals surface area (Å²) in [6.07, 6.45) is 7.75. The van der Waals surface area contributed by atoms with Gasteiger partial charge in [-0.05, 0) is 39.7 Å². The molecule has 0 saturated heterocycles. The van der Waals surface area contributed by atoms with E-state index >= 15 is 0 Å². The number of rotatable bonds is 10. The molecule has 0 aliphatic heterocycles. The topological polar surface area (TPSA) is 87.7 Å². The van der Waals surface area contributed by atoms with E-state index in [9.17, 15) is 14.4 Å². The average Bonchev–Trinajstić information content (AvgIpc) is 2.72. The van der Waals surface area contributed by atoms with Crippen molar-refractivity contribution in [3.8, 4) is 12.5 Å². The zero-order valence-electron chi connectivity index (χ0n) is 19.6. The Labute approximate surface area is 197 Å². The second-order valence-corrected chi connectivity index (χ2v) is 8.90. The molecule has 0 bridgehead atoms. The molecule has 0 saturated carbocycles. The van der Waals surface area contributed by atoms with Crippen LogP contribution < -0.4 is 10.6 Å². The maximum absolute atomic E-state index is 13.3. The number of hydrogen-bond acceptors (Lipinski definition) is 5. The number of hydrogen-bond donors (Lipinski definition) is 3. The molecule has 0 aliphatic rings. The van der Waals surface area contributed by atoms with Crippen molar-refractivity contribution in [2.75, 3.05) is 12.3 Å². The molecule has 2 atom stereocenters. The lowest BCUT2D eigenvalue weighted by Crippen LogP contribution is -2.52. The molecule has 1 rings (SSSR count). The van der Waals surface area contributed by atoms with Crippen molar-refractivity contribution < 1.29 is 19.1 Å². The molecule has 0 aromatic heterocycles. The standard InChI is InChI=1S/C24H35N3O4S/c1-7-9-10-15-25-21(28)20(18-13-11-17(3)12-14-18)27(8-2)22(29)19(16-32)26-23(30)31-24(4,5)6/h2,11-14,19-20,32H,7,9-10,15-16H2,1,3-6H3,(H,25,28)(H,26,30). The largest absolute Gasteiger partial charge is 0.444 e. The molecule has 2 unspecified atom stereocenters. The van der Waals surface area contributed by atoms with Gasteiger partial charge in [0.15, 0.2) is 0 Å². The molecule has 0 spiro atoms. The Hall–Kier alpha value is -2.66. The number of benzene rings is 1. The minimum Gasteiger partial charge on any atom is -0.444 e. The van der Waals surface area contributed by atoms with Gasteiger partial charge in [-0.15, -0.1) is 0 Å². The summed E-state index contributed by atoms with van der Waals surface area (Å²) in [4.78, 5) is 39.5. The monoisotopic (exact) mass is 461 g/mol. The lowest BCUT2D eigenvalue weighted by atomic mass is 10.0. The predicted octanol–water partition coefficient (Wildman–Crippen LogP) is 3.58. The summed E-state index contributed by atoms with van der Waals surface area (Å²) in [7, 11) is 0. The summed E-state index contributed by atoms with van der Waals surface area (Å²) >= 11 is 4.19. The maximum atomic E-state index is 13.3. The Kier molecular flexibility index (Phi) is 11.1. The number of nitrogens with zero attached hydrogens (tertiary/aromatic N) is 1. The molecule has 7 nitrogen and oxygen atoms in total. The number of aryl methyl sites for hydroxylation is 1. The summed E-state index contributed by atoms with van der Waals surface area (Å²) in [5.74, 6) is -1.02. The smallest absolute Gasteiger partial charge is 0.408 e. The molecular formula is C24H35N3O4S. The van der Waals surface area contributed by atoms with Crippen LogP contribution in [0.5, 0.6) is 0 Å². The zero-order chi connectivity index (χ0) is 24.3. The van der Waals surface area contributed by atoms with Crippen molar-refractivity contribution in [2.24, 2.45) is 0 Å². The highest BCUT2D eigenvalue weighted by Crippen LogP contribution is 2.23.